The van der Waals surface area contributed by atoms with Crippen molar-refractivity contribution in [2.24, 2.45) is 0 Å². The maximum Gasteiger partial charge on any atom is 0.250 e. The third-order valence-corrected chi connectivity index (χ3v) is 3.60. The maximum absolute atomic E-state index is 11.8. The topological polar surface area (TPSA) is 59.6 Å². The number of amides is 1. The quantitative estimate of drug-likeness (QED) is 0.864. The Labute approximate surface area is 120 Å². The summed E-state index contributed by atoms with van der Waals surface area (Å²) in [6.45, 7) is 3.62. The molecule has 0 aromatic heterocycles. The highest BCUT2D eigenvalue weighted by molar-refractivity contribution is 9.10. The summed E-state index contributed by atoms with van der Waals surface area (Å²) in [6, 6.07) is 5.37. The Balaban J connectivity index is 1.86. The third kappa shape index (κ3) is 3.68. The molecular formula is C13H17BrN2O3. The van der Waals surface area contributed by atoms with Crippen molar-refractivity contribution >= 4 is 27.5 Å². The molecule has 104 valence electrons. The minimum atomic E-state index is -0.210. The summed E-state index contributed by atoms with van der Waals surface area (Å²) in [5, 5.41) is 5.90. The zero-order valence-electron chi connectivity index (χ0n) is 11.0. The van der Waals surface area contributed by atoms with E-state index < -0.39 is 0 Å². The van der Waals surface area contributed by atoms with E-state index in [0.29, 0.717) is 5.69 Å². The van der Waals surface area contributed by atoms with Crippen LogP contribution in [0.5, 0.6) is 5.75 Å². The summed E-state index contributed by atoms with van der Waals surface area (Å²) in [5.74, 6) is 0.562. The first-order chi connectivity index (χ1) is 9.02. The lowest BCUT2D eigenvalue weighted by atomic mass is 10.0. The van der Waals surface area contributed by atoms with Crippen molar-refractivity contribution < 1.29 is 14.3 Å². The normalized spacial score (nSPS) is 16.6. The van der Waals surface area contributed by atoms with Crippen LogP contribution in [0.4, 0.5) is 5.69 Å². The molecule has 1 aliphatic rings. The van der Waals surface area contributed by atoms with Crippen molar-refractivity contribution in [1.82, 2.24) is 5.32 Å². The highest BCUT2D eigenvalue weighted by Gasteiger charge is 2.32. The Hall–Kier alpha value is -1.11. The Morgan fingerprint density at radius 1 is 1.53 bits per heavy atom. The van der Waals surface area contributed by atoms with Gasteiger partial charge in [0, 0.05) is 18.8 Å². The Morgan fingerprint density at radius 2 is 2.26 bits per heavy atom. The van der Waals surface area contributed by atoms with E-state index in [1.165, 1.54) is 0 Å². The van der Waals surface area contributed by atoms with Crippen LogP contribution >= 0.6 is 15.9 Å². The van der Waals surface area contributed by atoms with Gasteiger partial charge in [0.1, 0.15) is 12.4 Å². The van der Waals surface area contributed by atoms with Gasteiger partial charge in [-0.2, -0.15) is 0 Å². The number of carbonyl (C=O) groups is 1. The van der Waals surface area contributed by atoms with Crippen LogP contribution in [0.3, 0.4) is 0 Å². The van der Waals surface area contributed by atoms with Crippen LogP contribution in [-0.2, 0) is 9.53 Å². The number of carbonyl (C=O) groups excluding carboxylic acids is 1. The standard InChI is InChI=1S/C13H17BrN2O3/c1-13(7-15-8-13)19-6-12(17)16-9-3-4-11(18-2)10(14)5-9/h3-5,15H,6-8H2,1-2H3,(H,16,17). The van der Waals surface area contributed by atoms with E-state index in [2.05, 4.69) is 26.6 Å². The molecule has 2 N–H and O–H groups in total. The highest BCUT2D eigenvalue weighted by Crippen LogP contribution is 2.27. The van der Waals surface area contributed by atoms with E-state index in [1.54, 1.807) is 25.3 Å². The van der Waals surface area contributed by atoms with Gasteiger partial charge in [-0.25, -0.2) is 0 Å². The lowest BCUT2D eigenvalue weighted by Gasteiger charge is -2.38. The monoisotopic (exact) mass is 328 g/mol. The van der Waals surface area contributed by atoms with Crippen LogP contribution in [0.25, 0.3) is 0 Å². The van der Waals surface area contributed by atoms with Crippen molar-refractivity contribution in [3.63, 3.8) is 0 Å². The van der Waals surface area contributed by atoms with Crippen LogP contribution in [-0.4, -0.2) is 38.3 Å². The van der Waals surface area contributed by atoms with Crippen LogP contribution < -0.4 is 15.4 Å². The smallest absolute Gasteiger partial charge is 0.250 e. The van der Waals surface area contributed by atoms with Crippen molar-refractivity contribution in [2.45, 2.75) is 12.5 Å². The second kappa shape index (κ2) is 5.90. The van der Waals surface area contributed by atoms with Gasteiger partial charge in [-0.3, -0.25) is 4.79 Å². The maximum atomic E-state index is 11.8. The largest absolute Gasteiger partial charge is 0.496 e. The zero-order valence-corrected chi connectivity index (χ0v) is 12.5. The van der Waals surface area contributed by atoms with Crippen LogP contribution in [0.2, 0.25) is 0 Å². The molecule has 6 heteroatoms. The van der Waals surface area contributed by atoms with E-state index in [0.717, 1.165) is 23.3 Å². The Morgan fingerprint density at radius 3 is 2.79 bits per heavy atom. The number of benzene rings is 1. The summed E-state index contributed by atoms with van der Waals surface area (Å²) >= 11 is 3.37. The van der Waals surface area contributed by atoms with Gasteiger partial charge in [-0.1, -0.05) is 0 Å². The van der Waals surface area contributed by atoms with Gasteiger partial charge in [0.25, 0.3) is 0 Å². The Kier molecular flexibility index (Phi) is 4.44. The molecule has 0 radical (unpaired) electrons. The highest BCUT2D eigenvalue weighted by atomic mass is 79.9. The van der Waals surface area contributed by atoms with Crippen molar-refractivity contribution in [3.05, 3.63) is 22.7 Å². The minimum absolute atomic E-state index is 0.0574. The predicted octanol–water partition coefficient (Wildman–Crippen LogP) is 1.77. The SMILES string of the molecule is COc1ccc(NC(=O)COC2(C)CNC2)cc1Br. The molecule has 0 spiro atoms. The summed E-state index contributed by atoms with van der Waals surface area (Å²) in [7, 11) is 1.60. The van der Waals surface area contributed by atoms with Crippen LogP contribution in [0, 0.1) is 0 Å². The first-order valence-corrected chi connectivity index (χ1v) is 6.80. The Bertz CT molecular complexity index is 475. The molecule has 1 aromatic carbocycles. The predicted molar refractivity (Wildman–Crippen MR) is 76.6 cm³/mol. The van der Waals surface area contributed by atoms with Crippen molar-refractivity contribution in [3.8, 4) is 5.75 Å². The van der Waals surface area contributed by atoms with Crippen LogP contribution in [0.1, 0.15) is 6.92 Å². The van der Waals surface area contributed by atoms with Crippen molar-refractivity contribution in [2.75, 3.05) is 32.1 Å². The number of ether oxygens (including phenoxy) is 2. The number of rotatable bonds is 5. The van der Waals surface area contributed by atoms with E-state index in [-0.39, 0.29) is 18.1 Å². The van der Waals surface area contributed by atoms with Gasteiger partial charge in [-0.05, 0) is 41.1 Å². The van der Waals surface area contributed by atoms with Gasteiger partial charge < -0.3 is 20.1 Å². The number of methoxy groups -OCH3 is 1. The third-order valence-electron chi connectivity index (χ3n) is 2.99. The lowest BCUT2D eigenvalue weighted by Crippen LogP contribution is -2.59. The van der Waals surface area contributed by atoms with E-state index in [1.807, 2.05) is 6.92 Å². The molecular weight excluding hydrogens is 312 g/mol. The molecule has 0 unspecified atom stereocenters. The fourth-order valence-corrected chi connectivity index (χ4v) is 2.30. The molecule has 5 nitrogen and oxygen atoms in total. The molecule has 1 saturated heterocycles. The average molecular weight is 329 g/mol. The molecule has 2 rings (SSSR count). The second-order valence-electron chi connectivity index (χ2n) is 4.74. The fraction of sp³-hybridized carbons (Fsp3) is 0.462. The molecule has 0 saturated carbocycles. The molecule has 1 amide bonds. The van der Waals surface area contributed by atoms with E-state index in [4.69, 9.17) is 9.47 Å². The average Bonchev–Trinajstić information content (AvgIpc) is 2.34. The number of hydrogen-bond acceptors (Lipinski definition) is 4. The first-order valence-electron chi connectivity index (χ1n) is 6.00. The molecule has 0 aliphatic carbocycles. The van der Waals surface area contributed by atoms with Crippen molar-refractivity contribution in [1.29, 1.82) is 0 Å². The first kappa shape index (κ1) is 14.3. The van der Waals surface area contributed by atoms with Gasteiger partial charge in [0.2, 0.25) is 5.91 Å². The summed E-state index contributed by atoms with van der Waals surface area (Å²) in [5.41, 5.74) is 0.496. The van der Waals surface area contributed by atoms with E-state index >= 15 is 0 Å². The molecule has 0 atom stereocenters. The summed E-state index contributed by atoms with van der Waals surface area (Å²) in [4.78, 5) is 11.8. The lowest BCUT2D eigenvalue weighted by molar-refractivity contribution is -0.130. The van der Waals surface area contributed by atoms with Gasteiger partial charge in [0.15, 0.2) is 0 Å². The van der Waals surface area contributed by atoms with Gasteiger partial charge in [-0.15, -0.1) is 0 Å². The molecule has 0 bridgehead atoms. The molecule has 19 heavy (non-hydrogen) atoms. The number of halogens is 1. The second-order valence-corrected chi connectivity index (χ2v) is 5.59. The number of anilines is 1. The summed E-state index contributed by atoms with van der Waals surface area (Å²) in [6.07, 6.45) is 0. The summed E-state index contributed by atoms with van der Waals surface area (Å²) < 4.78 is 11.5. The number of nitrogens with one attached hydrogen (secondary N) is 2. The zero-order chi connectivity index (χ0) is 13.9. The van der Waals surface area contributed by atoms with E-state index in [9.17, 15) is 4.79 Å². The minimum Gasteiger partial charge on any atom is -0.496 e. The molecule has 1 aliphatic heterocycles. The van der Waals surface area contributed by atoms with Gasteiger partial charge in [0.05, 0.1) is 17.2 Å². The van der Waals surface area contributed by atoms with Gasteiger partial charge >= 0.3 is 0 Å². The molecule has 1 fully saturated rings. The number of hydrogen-bond donors (Lipinski definition) is 2. The molecule has 1 aromatic rings. The molecule has 1 heterocycles. The fourth-order valence-electron chi connectivity index (χ4n) is 1.76. The van der Waals surface area contributed by atoms with Crippen LogP contribution in [0.15, 0.2) is 22.7 Å².